The third-order valence-electron chi connectivity index (χ3n) is 5.19. The van der Waals surface area contributed by atoms with Crippen molar-refractivity contribution >= 4 is 23.3 Å². The van der Waals surface area contributed by atoms with Crippen molar-refractivity contribution in [2.75, 3.05) is 52.8 Å². The Hall–Kier alpha value is -2.22. The van der Waals surface area contributed by atoms with E-state index < -0.39 is 0 Å². The van der Waals surface area contributed by atoms with E-state index in [1.54, 1.807) is 7.11 Å². The molecule has 8 heteroatoms. The zero-order valence-corrected chi connectivity index (χ0v) is 18.9. The molecule has 1 aliphatic heterocycles. The lowest BCUT2D eigenvalue weighted by atomic mass is 10.0. The molecule has 0 unspecified atom stereocenters. The molecule has 2 aromatic rings. The lowest BCUT2D eigenvalue weighted by Crippen LogP contribution is -2.28. The third-order valence-corrected chi connectivity index (χ3v) is 5.42. The van der Waals surface area contributed by atoms with Crippen LogP contribution in [0.3, 0.4) is 0 Å². The SMILES string of the molecule is COCCN1C[C@@H](c2cc(N(C)C)nc(CN(C)Cc3cccc(Cl)c3)n2)CC1=O. The summed E-state index contributed by atoms with van der Waals surface area (Å²) in [5.41, 5.74) is 2.07. The van der Waals surface area contributed by atoms with E-state index in [1.165, 1.54) is 0 Å². The second-order valence-corrected chi connectivity index (χ2v) is 8.43. The Morgan fingerprint density at radius 1 is 1.20 bits per heavy atom. The van der Waals surface area contributed by atoms with Gasteiger partial charge in [0.15, 0.2) is 0 Å². The molecule has 1 aliphatic rings. The number of hydrogen-bond donors (Lipinski definition) is 0. The van der Waals surface area contributed by atoms with Gasteiger partial charge >= 0.3 is 0 Å². The van der Waals surface area contributed by atoms with Gasteiger partial charge in [0.2, 0.25) is 5.91 Å². The maximum absolute atomic E-state index is 12.4. The molecular weight excluding hydrogens is 402 g/mol. The molecule has 1 aromatic heterocycles. The van der Waals surface area contributed by atoms with E-state index in [2.05, 4.69) is 11.0 Å². The fourth-order valence-corrected chi connectivity index (χ4v) is 3.86. The molecule has 1 saturated heterocycles. The number of benzene rings is 1. The molecule has 1 fully saturated rings. The number of hydrogen-bond acceptors (Lipinski definition) is 6. The molecule has 0 bridgehead atoms. The maximum Gasteiger partial charge on any atom is 0.223 e. The number of likely N-dealkylation sites (tertiary alicyclic amines) is 1. The predicted octanol–water partition coefficient (Wildman–Crippen LogP) is 2.79. The number of rotatable bonds is 9. The van der Waals surface area contributed by atoms with Crippen LogP contribution in [-0.4, -0.2) is 73.6 Å². The molecule has 1 amide bonds. The van der Waals surface area contributed by atoms with Crippen molar-refractivity contribution < 1.29 is 9.53 Å². The van der Waals surface area contributed by atoms with Gasteiger partial charge in [0, 0.05) is 64.3 Å². The topological polar surface area (TPSA) is 61.8 Å². The van der Waals surface area contributed by atoms with E-state index in [1.807, 2.05) is 55.2 Å². The Morgan fingerprint density at radius 2 is 2.00 bits per heavy atom. The maximum atomic E-state index is 12.4. The van der Waals surface area contributed by atoms with Crippen LogP contribution in [-0.2, 0) is 22.6 Å². The first-order valence-electron chi connectivity index (χ1n) is 10.1. The van der Waals surface area contributed by atoms with Gasteiger partial charge in [-0.2, -0.15) is 0 Å². The molecule has 0 aliphatic carbocycles. The van der Waals surface area contributed by atoms with Crippen LogP contribution in [0.1, 0.15) is 29.4 Å². The number of aromatic nitrogens is 2. The summed E-state index contributed by atoms with van der Waals surface area (Å²) in [6.07, 6.45) is 0.478. The molecule has 0 spiro atoms. The molecule has 0 N–H and O–H groups in total. The number of anilines is 1. The second kappa shape index (κ2) is 10.2. The molecule has 1 aromatic carbocycles. The lowest BCUT2D eigenvalue weighted by molar-refractivity contribution is -0.128. The molecular formula is C22H30ClN5O2. The van der Waals surface area contributed by atoms with Crippen LogP contribution in [0, 0.1) is 0 Å². The van der Waals surface area contributed by atoms with Crippen LogP contribution in [0.5, 0.6) is 0 Å². The largest absolute Gasteiger partial charge is 0.383 e. The molecule has 2 heterocycles. The Kier molecular flexibility index (Phi) is 7.64. The number of carbonyl (C=O) groups is 1. The number of amides is 1. The van der Waals surface area contributed by atoms with Gasteiger partial charge in [-0.15, -0.1) is 0 Å². The highest BCUT2D eigenvalue weighted by molar-refractivity contribution is 6.30. The highest BCUT2D eigenvalue weighted by Gasteiger charge is 2.32. The van der Waals surface area contributed by atoms with E-state index in [0.29, 0.717) is 32.7 Å². The summed E-state index contributed by atoms with van der Waals surface area (Å²) in [5.74, 6) is 1.84. The van der Waals surface area contributed by atoms with Crippen molar-refractivity contribution in [3.8, 4) is 0 Å². The normalized spacial score (nSPS) is 16.5. The Morgan fingerprint density at radius 3 is 2.70 bits per heavy atom. The first-order chi connectivity index (χ1) is 14.4. The van der Waals surface area contributed by atoms with Gasteiger partial charge in [-0.05, 0) is 24.7 Å². The predicted molar refractivity (Wildman–Crippen MR) is 119 cm³/mol. The van der Waals surface area contributed by atoms with Gasteiger partial charge < -0.3 is 14.5 Å². The number of nitrogens with zero attached hydrogens (tertiary/aromatic N) is 5. The minimum Gasteiger partial charge on any atom is -0.383 e. The molecule has 1 atom stereocenters. The van der Waals surface area contributed by atoms with Gasteiger partial charge in [-0.3, -0.25) is 9.69 Å². The fraction of sp³-hybridized carbons (Fsp3) is 0.500. The highest BCUT2D eigenvalue weighted by Crippen LogP contribution is 2.28. The molecule has 7 nitrogen and oxygen atoms in total. The molecule has 0 saturated carbocycles. The van der Waals surface area contributed by atoms with Crippen LogP contribution in [0.15, 0.2) is 30.3 Å². The summed E-state index contributed by atoms with van der Waals surface area (Å²) in [7, 11) is 7.63. The van der Waals surface area contributed by atoms with E-state index in [9.17, 15) is 4.79 Å². The summed E-state index contributed by atoms with van der Waals surface area (Å²) in [5, 5.41) is 0.734. The minimum absolute atomic E-state index is 0.0769. The second-order valence-electron chi connectivity index (χ2n) is 8.00. The van der Waals surface area contributed by atoms with E-state index in [-0.39, 0.29) is 11.8 Å². The van der Waals surface area contributed by atoms with E-state index in [4.69, 9.17) is 26.3 Å². The smallest absolute Gasteiger partial charge is 0.223 e. The molecule has 30 heavy (non-hydrogen) atoms. The van der Waals surface area contributed by atoms with E-state index in [0.717, 1.165) is 34.5 Å². The number of halogens is 1. The summed E-state index contributed by atoms with van der Waals surface area (Å²) in [4.78, 5) is 27.9. The van der Waals surface area contributed by atoms with Gasteiger partial charge in [0.25, 0.3) is 0 Å². The van der Waals surface area contributed by atoms with Crippen LogP contribution in [0.25, 0.3) is 0 Å². The van der Waals surface area contributed by atoms with E-state index >= 15 is 0 Å². The van der Waals surface area contributed by atoms with Gasteiger partial charge in [0.05, 0.1) is 18.8 Å². The highest BCUT2D eigenvalue weighted by atomic mass is 35.5. The number of carbonyl (C=O) groups excluding carboxylic acids is 1. The standard InChI is InChI=1S/C22H30ClN5O2/c1-26(2)21-12-19(17-11-22(29)28(14-17)8-9-30-4)24-20(25-21)15-27(3)13-16-6-5-7-18(23)10-16/h5-7,10,12,17H,8-9,11,13-15H2,1-4H3/t17-/m0/s1. The fourth-order valence-electron chi connectivity index (χ4n) is 3.64. The number of methoxy groups -OCH3 is 1. The molecule has 0 radical (unpaired) electrons. The lowest BCUT2D eigenvalue weighted by Gasteiger charge is -2.20. The van der Waals surface area contributed by atoms with Gasteiger partial charge in [-0.25, -0.2) is 9.97 Å². The third kappa shape index (κ3) is 5.90. The van der Waals surface area contributed by atoms with Crippen molar-refractivity contribution in [1.82, 2.24) is 19.8 Å². The quantitative estimate of drug-likeness (QED) is 0.608. The minimum atomic E-state index is 0.0769. The summed E-state index contributed by atoms with van der Waals surface area (Å²) < 4.78 is 5.12. The summed E-state index contributed by atoms with van der Waals surface area (Å²) >= 11 is 6.10. The van der Waals surface area contributed by atoms with Crippen molar-refractivity contribution in [3.63, 3.8) is 0 Å². The Labute approximate surface area is 183 Å². The summed E-state index contributed by atoms with van der Waals surface area (Å²) in [6, 6.07) is 9.86. The average molecular weight is 432 g/mol. The molecule has 3 rings (SSSR count). The first-order valence-corrected chi connectivity index (χ1v) is 10.5. The van der Waals surface area contributed by atoms with Crippen molar-refractivity contribution in [1.29, 1.82) is 0 Å². The van der Waals surface area contributed by atoms with Crippen molar-refractivity contribution in [2.45, 2.75) is 25.4 Å². The Balaban J connectivity index is 1.75. The Bertz CT molecular complexity index is 876. The van der Waals surface area contributed by atoms with Gasteiger partial charge in [-0.1, -0.05) is 23.7 Å². The number of ether oxygens (including phenoxy) is 1. The first kappa shape index (κ1) is 22.5. The monoisotopic (exact) mass is 431 g/mol. The zero-order valence-electron chi connectivity index (χ0n) is 18.1. The van der Waals surface area contributed by atoms with Crippen LogP contribution >= 0.6 is 11.6 Å². The summed E-state index contributed by atoms with van der Waals surface area (Å²) in [6.45, 7) is 3.19. The van der Waals surface area contributed by atoms with Crippen LogP contribution in [0.4, 0.5) is 5.82 Å². The van der Waals surface area contributed by atoms with Crippen molar-refractivity contribution in [3.05, 3.63) is 52.4 Å². The van der Waals surface area contributed by atoms with Crippen LogP contribution in [0.2, 0.25) is 5.02 Å². The zero-order chi connectivity index (χ0) is 21.7. The van der Waals surface area contributed by atoms with Crippen molar-refractivity contribution in [2.24, 2.45) is 0 Å². The van der Waals surface area contributed by atoms with Crippen LogP contribution < -0.4 is 4.90 Å². The molecule has 162 valence electrons. The van der Waals surface area contributed by atoms with Gasteiger partial charge in [0.1, 0.15) is 11.6 Å². The average Bonchev–Trinajstić information content (AvgIpc) is 3.06.